The minimum atomic E-state index is -4.70. The maximum Gasteiger partial charge on any atom is 0.573 e. The van der Waals surface area contributed by atoms with Gasteiger partial charge in [-0.25, -0.2) is 4.98 Å². The van der Waals surface area contributed by atoms with Crippen LogP contribution in [0.25, 0.3) is 10.8 Å². The Morgan fingerprint density at radius 3 is 2.33 bits per heavy atom. The quantitative estimate of drug-likeness (QED) is 0.738. The van der Waals surface area contributed by atoms with Gasteiger partial charge < -0.3 is 14.8 Å². The van der Waals surface area contributed by atoms with Crippen LogP contribution in [0.1, 0.15) is 0 Å². The van der Waals surface area contributed by atoms with E-state index >= 15 is 0 Å². The summed E-state index contributed by atoms with van der Waals surface area (Å²) < 4.78 is 45.5. The van der Waals surface area contributed by atoms with Gasteiger partial charge in [-0.3, -0.25) is 0 Å². The van der Waals surface area contributed by atoms with Crippen LogP contribution in [0, 0.1) is 0 Å². The molecule has 1 N–H and O–H groups in total. The lowest BCUT2D eigenvalue weighted by Crippen LogP contribution is -2.16. The largest absolute Gasteiger partial charge is 0.573 e. The molecule has 0 fully saturated rings. The monoisotopic (exact) mass is 334 g/mol. The Balaban J connectivity index is 1.84. The molecule has 0 aliphatic carbocycles. The van der Waals surface area contributed by atoms with Gasteiger partial charge in [0, 0.05) is 17.3 Å². The molecule has 0 unspecified atom stereocenters. The number of halogens is 3. The molecule has 1 heterocycles. The first kappa shape index (κ1) is 15.9. The maximum atomic E-state index is 12.2. The van der Waals surface area contributed by atoms with Crippen LogP contribution in [0.4, 0.5) is 24.7 Å². The van der Waals surface area contributed by atoms with Crippen LogP contribution in [0.2, 0.25) is 0 Å². The van der Waals surface area contributed by atoms with Gasteiger partial charge in [-0.05, 0) is 53.9 Å². The fourth-order valence-electron chi connectivity index (χ4n) is 2.26. The van der Waals surface area contributed by atoms with E-state index < -0.39 is 6.36 Å². The number of nitrogens with zero attached hydrogens (tertiary/aromatic N) is 1. The van der Waals surface area contributed by atoms with Gasteiger partial charge in [0.05, 0.1) is 7.11 Å². The Kier molecular flexibility index (Phi) is 4.16. The molecule has 0 atom stereocenters. The highest BCUT2D eigenvalue weighted by Gasteiger charge is 2.30. The van der Waals surface area contributed by atoms with Gasteiger partial charge in [0.2, 0.25) is 0 Å². The molecule has 0 aliphatic rings. The molecule has 24 heavy (non-hydrogen) atoms. The molecule has 124 valence electrons. The van der Waals surface area contributed by atoms with Crippen LogP contribution in [0.15, 0.2) is 54.7 Å². The van der Waals surface area contributed by atoms with E-state index in [2.05, 4.69) is 15.0 Å². The van der Waals surface area contributed by atoms with Crippen LogP contribution in [-0.2, 0) is 0 Å². The minimum absolute atomic E-state index is 0.274. The van der Waals surface area contributed by atoms with Gasteiger partial charge in [-0.2, -0.15) is 0 Å². The van der Waals surface area contributed by atoms with E-state index in [1.54, 1.807) is 13.3 Å². The minimum Gasteiger partial charge on any atom is -0.497 e. The molecule has 7 heteroatoms. The van der Waals surface area contributed by atoms with Gasteiger partial charge in [0.15, 0.2) is 0 Å². The summed E-state index contributed by atoms with van der Waals surface area (Å²) in [5.74, 6) is 1.05. The van der Waals surface area contributed by atoms with E-state index in [0.717, 1.165) is 16.5 Å². The van der Waals surface area contributed by atoms with E-state index in [1.165, 1.54) is 24.3 Å². The normalized spacial score (nSPS) is 11.3. The van der Waals surface area contributed by atoms with E-state index in [0.29, 0.717) is 11.5 Å². The number of benzene rings is 2. The summed E-state index contributed by atoms with van der Waals surface area (Å²) in [7, 11) is 1.59. The van der Waals surface area contributed by atoms with Crippen molar-refractivity contribution in [2.24, 2.45) is 0 Å². The number of hydrogen-bond acceptors (Lipinski definition) is 4. The van der Waals surface area contributed by atoms with Crippen LogP contribution in [0.3, 0.4) is 0 Å². The second kappa shape index (κ2) is 6.27. The van der Waals surface area contributed by atoms with Crippen molar-refractivity contribution in [3.63, 3.8) is 0 Å². The molecular formula is C17H13F3N2O2. The summed E-state index contributed by atoms with van der Waals surface area (Å²) in [5, 5.41) is 4.89. The average Bonchev–Trinajstić information content (AvgIpc) is 2.55. The molecule has 0 saturated carbocycles. The molecular weight excluding hydrogens is 321 g/mol. The van der Waals surface area contributed by atoms with Gasteiger partial charge in [-0.15, -0.1) is 13.2 Å². The highest BCUT2D eigenvalue weighted by Crippen LogP contribution is 2.29. The molecule has 0 radical (unpaired) electrons. The first-order valence-electron chi connectivity index (χ1n) is 7.00. The lowest BCUT2D eigenvalue weighted by Gasteiger charge is -2.11. The second-order valence-electron chi connectivity index (χ2n) is 4.94. The highest BCUT2D eigenvalue weighted by atomic mass is 19.4. The molecule has 3 aromatic rings. The van der Waals surface area contributed by atoms with Crippen molar-refractivity contribution in [2.75, 3.05) is 12.4 Å². The average molecular weight is 334 g/mol. The van der Waals surface area contributed by atoms with Crippen molar-refractivity contribution < 1.29 is 22.6 Å². The zero-order chi connectivity index (χ0) is 17.2. The Hall–Kier alpha value is -2.96. The number of hydrogen-bond donors (Lipinski definition) is 1. The van der Waals surface area contributed by atoms with Gasteiger partial charge in [-0.1, -0.05) is 0 Å². The Morgan fingerprint density at radius 1 is 0.958 bits per heavy atom. The summed E-state index contributed by atoms with van der Waals surface area (Å²) in [6, 6.07) is 12.9. The summed E-state index contributed by atoms with van der Waals surface area (Å²) >= 11 is 0. The van der Waals surface area contributed by atoms with Crippen LogP contribution < -0.4 is 14.8 Å². The summed E-state index contributed by atoms with van der Waals surface area (Å²) in [4.78, 5) is 4.28. The molecule has 4 nitrogen and oxygen atoms in total. The number of pyridine rings is 1. The van der Waals surface area contributed by atoms with Crippen molar-refractivity contribution >= 4 is 22.3 Å². The molecule has 0 amide bonds. The molecule has 2 aromatic carbocycles. The smallest absolute Gasteiger partial charge is 0.497 e. The van der Waals surface area contributed by atoms with Crippen LogP contribution >= 0.6 is 0 Å². The third-order valence-corrected chi connectivity index (χ3v) is 3.32. The number of rotatable bonds is 4. The second-order valence-corrected chi connectivity index (χ2v) is 4.94. The van der Waals surface area contributed by atoms with E-state index in [-0.39, 0.29) is 5.75 Å². The van der Waals surface area contributed by atoms with Crippen LogP contribution in [0.5, 0.6) is 11.5 Å². The SMILES string of the molecule is COc1ccc2c(Nc3ccc(OC(F)(F)F)cc3)nccc2c1. The number of alkyl halides is 3. The molecule has 0 saturated heterocycles. The summed E-state index contributed by atoms with van der Waals surface area (Å²) in [6.07, 6.45) is -3.06. The van der Waals surface area contributed by atoms with Gasteiger partial charge in [0.1, 0.15) is 17.3 Å². The highest BCUT2D eigenvalue weighted by molar-refractivity contribution is 5.94. The van der Waals surface area contributed by atoms with Gasteiger partial charge in [0.25, 0.3) is 0 Å². The number of aromatic nitrogens is 1. The number of anilines is 2. The molecule has 0 spiro atoms. The van der Waals surface area contributed by atoms with Crippen molar-refractivity contribution in [1.82, 2.24) is 4.98 Å². The maximum absolute atomic E-state index is 12.2. The van der Waals surface area contributed by atoms with Crippen molar-refractivity contribution in [1.29, 1.82) is 0 Å². The third kappa shape index (κ3) is 3.68. The zero-order valence-corrected chi connectivity index (χ0v) is 12.6. The Morgan fingerprint density at radius 2 is 1.67 bits per heavy atom. The number of ether oxygens (including phenoxy) is 2. The van der Waals surface area contributed by atoms with E-state index in [4.69, 9.17) is 4.74 Å². The zero-order valence-electron chi connectivity index (χ0n) is 12.6. The predicted octanol–water partition coefficient (Wildman–Crippen LogP) is 4.89. The lowest BCUT2D eigenvalue weighted by molar-refractivity contribution is -0.274. The van der Waals surface area contributed by atoms with E-state index in [9.17, 15) is 13.2 Å². The van der Waals surface area contributed by atoms with Gasteiger partial charge >= 0.3 is 6.36 Å². The first-order chi connectivity index (χ1) is 11.4. The standard InChI is InChI=1S/C17H13F3N2O2/c1-23-14-6-7-15-11(10-14)8-9-21-16(15)22-12-2-4-13(5-3-12)24-17(18,19)20/h2-10H,1H3,(H,21,22). The van der Waals surface area contributed by atoms with Crippen molar-refractivity contribution in [3.8, 4) is 11.5 Å². The molecule has 3 rings (SSSR count). The summed E-state index contributed by atoms with van der Waals surface area (Å²) in [6.45, 7) is 0. The topological polar surface area (TPSA) is 43.4 Å². The fourth-order valence-corrected chi connectivity index (χ4v) is 2.26. The molecule has 1 aromatic heterocycles. The number of nitrogens with one attached hydrogen (secondary N) is 1. The number of methoxy groups -OCH3 is 1. The molecule has 0 aliphatic heterocycles. The Labute approximate surface area is 135 Å². The van der Waals surface area contributed by atoms with Crippen LogP contribution in [-0.4, -0.2) is 18.5 Å². The lowest BCUT2D eigenvalue weighted by atomic mass is 10.1. The first-order valence-corrected chi connectivity index (χ1v) is 7.00. The predicted molar refractivity (Wildman–Crippen MR) is 84.7 cm³/mol. The summed E-state index contributed by atoms with van der Waals surface area (Å²) in [5.41, 5.74) is 0.598. The van der Waals surface area contributed by atoms with Crippen molar-refractivity contribution in [3.05, 3.63) is 54.7 Å². The fraction of sp³-hybridized carbons (Fsp3) is 0.118. The van der Waals surface area contributed by atoms with E-state index in [1.807, 2.05) is 24.3 Å². The number of fused-ring (bicyclic) bond motifs is 1. The van der Waals surface area contributed by atoms with Crippen molar-refractivity contribution in [2.45, 2.75) is 6.36 Å². The third-order valence-electron chi connectivity index (χ3n) is 3.32. The Bertz CT molecular complexity index is 849. The molecule has 0 bridgehead atoms.